The molecule has 0 bridgehead atoms. The maximum atomic E-state index is 11.8. The van der Waals surface area contributed by atoms with Gasteiger partial charge in [0, 0.05) is 12.7 Å². The second-order valence-corrected chi connectivity index (χ2v) is 4.39. The lowest BCUT2D eigenvalue weighted by Gasteiger charge is -2.10. The molecule has 1 aromatic heterocycles. The largest absolute Gasteiger partial charge is 0.495 e. The van der Waals surface area contributed by atoms with Gasteiger partial charge in [0.1, 0.15) is 17.5 Å². The van der Waals surface area contributed by atoms with Crippen LogP contribution in [0.4, 0.5) is 0 Å². The van der Waals surface area contributed by atoms with Gasteiger partial charge in [0.05, 0.1) is 19.3 Å². The Morgan fingerprint density at radius 2 is 2.19 bits per heavy atom. The van der Waals surface area contributed by atoms with Crippen LogP contribution in [0.5, 0.6) is 5.75 Å². The summed E-state index contributed by atoms with van der Waals surface area (Å²) in [6.07, 6.45) is 1.81. The molecule has 0 saturated carbocycles. The first kappa shape index (κ1) is 14.7. The van der Waals surface area contributed by atoms with Crippen molar-refractivity contribution in [3.8, 4) is 11.8 Å². The standard InChI is InChI=1S/C16H16N2O3/c1-3-21-16(19)14-5-4-8-18(14)11-12-6-7-15(20-2)13(9-12)10-17/h4-9H,3,11H2,1-2H3. The fourth-order valence-corrected chi connectivity index (χ4v) is 2.08. The highest BCUT2D eigenvalue weighted by Crippen LogP contribution is 2.20. The Kier molecular flexibility index (Phi) is 4.62. The molecule has 0 spiro atoms. The van der Waals surface area contributed by atoms with Crippen molar-refractivity contribution in [2.75, 3.05) is 13.7 Å². The smallest absolute Gasteiger partial charge is 0.354 e. The summed E-state index contributed by atoms with van der Waals surface area (Å²) in [5.41, 5.74) is 1.88. The van der Waals surface area contributed by atoms with Crippen LogP contribution < -0.4 is 4.74 Å². The van der Waals surface area contributed by atoms with Crippen LogP contribution in [0, 0.1) is 11.3 Å². The molecule has 0 fully saturated rings. The van der Waals surface area contributed by atoms with Gasteiger partial charge in [0.25, 0.3) is 0 Å². The molecule has 0 unspecified atom stereocenters. The highest BCUT2D eigenvalue weighted by atomic mass is 16.5. The Morgan fingerprint density at radius 3 is 2.86 bits per heavy atom. The second-order valence-electron chi connectivity index (χ2n) is 4.39. The molecule has 0 aliphatic carbocycles. The monoisotopic (exact) mass is 284 g/mol. The third-order valence-electron chi connectivity index (χ3n) is 3.05. The zero-order valence-electron chi connectivity index (χ0n) is 12.0. The number of esters is 1. The molecular formula is C16H16N2O3. The summed E-state index contributed by atoms with van der Waals surface area (Å²) < 4.78 is 11.9. The molecule has 0 radical (unpaired) electrons. The number of hydrogen-bond acceptors (Lipinski definition) is 4. The summed E-state index contributed by atoms with van der Waals surface area (Å²) in [6, 6.07) is 11.0. The Labute approximate surface area is 123 Å². The molecule has 0 saturated heterocycles. The average Bonchev–Trinajstić information content (AvgIpc) is 2.95. The molecule has 5 nitrogen and oxygen atoms in total. The maximum Gasteiger partial charge on any atom is 0.354 e. The van der Waals surface area contributed by atoms with Gasteiger partial charge in [0.15, 0.2) is 0 Å². The Morgan fingerprint density at radius 1 is 1.38 bits per heavy atom. The van der Waals surface area contributed by atoms with Crippen molar-refractivity contribution in [1.29, 1.82) is 5.26 Å². The van der Waals surface area contributed by atoms with Crippen LogP contribution >= 0.6 is 0 Å². The van der Waals surface area contributed by atoms with Crippen molar-refractivity contribution in [3.05, 3.63) is 53.3 Å². The zero-order valence-corrected chi connectivity index (χ0v) is 12.0. The summed E-state index contributed by atoms with van der Waals surface area (Å²) in [5.74, 6) is 0.191. The molecule has 5 heteroatoms. The highest BCUT2D eigenvalue weighted by molar-refractivity contribution is 5.87. The molecular weight excluding hydrogens is 268 g/mol. The van der Waals surface area contributed by atoms with Gasteiger partial charge in [0.2, 0.25) is 0 Å². The first-order valence-corrected chi connectivity index (χ1v) is 6.58. The van der Waals surface area contributed by atoms with Crippen molar-refractivity contribution in [1.82, 2.24) is 4.57 Å². The van der Waals surface area contributed by atoms with E-state index in [1.54, 1.807) is 35.8 Å². The van der Waals surface area contributed by atoms with E-state index in [4.69, 9.17) is 14.7 Å². The molecule has 0 amide bonds. The van der Waals surface area contributed by atoms with Crippen LogP contribution in [-0.2, 0) is 11.3 Å². The molecule has 21 heavy (non-hydrogen) atoms. The third-order valence-corrected chi connectivity index (χ3v) is 3.05. The van der Waals surface area contributed by atoms with Gasteiger partial charge < -0.3 is 14.0 Å². The number of nitriles is 1. The van der Waals surface area contributed by atoms with E-state index in [2.05, 4.69) is 6.07 Å². The first-order chi connectivity index (χ1) is 10.2. The van der Waals surface area contributed by atoms with Crippen LogP contribution in [-0.4, -0.2) is 24.3 Å². The Balaban J connectivity index is 2.25. The van der Waals surface area contributed by atoms with Crippen LogP contribution in [0.15, 0.2) is 36.5 Å². The van der Waals surface area contributed by atoms with E-state index in [0.29, 0.717) is 30.2 Å². The van der Waals surface area contributed by atoms with Gasteiger partial charge in [-0.05, 0) is 36.8 Å². The van der Waals surface area contributed by atoms with E-state index in [9.17, 15) is 4.79 Å². The lowest BCUT2D eigenvalue weighted by molar-refractivity contribution is 0.0514. The number of carbonyl (C=O) groups excluding carboxylic acids is 1. The molecule has 1 heterocycles. The van der Waals surface area contributed by atoms with Crippen molar-refractivity contribution in [2.45, 2.75) is 13.5 Å². The van der Waals surface area contributed by atoms with E-state index < -0.39 is 0 Å². The number of carbonyl (C=O) groups is 1. The molecule has 2 rings (SSSR count). The minimum absolute atomic E-state index is 0.338. The van der Waals surface area contributed by atoms with Crippen molar-refractivity contribution < 1.29 is 14.3 Å². The Bertz CT molecular complexity index is 683. The van der Waals surface area contributed by atoms with E-state index in [1.807, 2.05) is 12.3 Å². The zero-order chi connectivity index (χ0) is 15.2. The summed E-state index contributed by atoms with van der Waals surface area (Å²) in [4.78, 5) is 11.8. The quantitative estimate of drug-likeness (QED) is 0.792. The molecule has 2 aromatic rings. The predicted molar refractivity (Wildman–Crippen MR) is 77.2 cm³/mol. The summed E-state index contributed by atoms with van der Waals surface area (Å²) in [5, 5.41) is 9.10. The van der Waals surface area contributed by atoms with Gasteiger partial charge in [-0.15, -0.1) is 0 Å². The van der Waals surface area contributed by atoms with Crippen molar-refractivity contribution in [3.63, 3.8) is 0 Å². The maximum absolute atomic E-state index is 11.8. The molecule has 0 N–H and O–H groups in total. The fourth-order valence-electron chi connectivity index (χ4n) is 2.08. The van der Waals surface area contributed by atoms with E-state index in [-0.39, 0.29) is 5.97 Å². The molecule has 108 valence electrons. The number of hydrogen-bond donors (Lipinski definition) is 0. The number of ether oxygens (including phenoxy) is 2. The van der Waals surface area contributed by atoms with Gasteiger partial charge in [-0.1, -0.05) is 6.07 Å². The van der Waals surface area contributed by atoms with Crippen LogP contribution in [0.25, 0.3) is 0 Å². The van der Waals surface area contributed by atoms with Crippen molar-refractivity contribution in [2.24, 2.45) is 0 Å². The van der Waals surface area contributed by atoms with E-state index >= 15 is 0 Å². The lowest BCUT2D eigenvalue weighted by atomic mass is 10.1. The minimum atomic E-state index is -0.350. The normalized spacial score (nSPS) is 9.95. The molecule has 1 aromatic carbocycles. The molecule has 0 aliphatic rings. The number of benzene rings is 1. The predicted octanol–water partition coefficient (Wildman–Crippen LogP) is 2.59. The van der Waals surface area contributed by atoms with Gasteiger partial charge >= 0.3 is 5.97 Å². The highest BCUT2D eigenvalue weighted by Gasteiger charge is 2.12. The van der Waals surface area contributed by atoms with E-state index in [1.165, 1.54) is 7.11 Å². The summed E-state index contributed by atoms with van der Waals surface area (Å²) in [7, 11) is 1.53. The second kappa shape index (κ2) is 6.62. The van der Waals surface area contributed by atoms with Gasteiger partial charge in [-0.25, -0.2) is 4.79 Å². The van der Waals surface area contributed by atoms with Crippen LogP contribution in [0.1, 0.15) is 28.5 Å². The van der Waals surface area contributed by atoms with Crippen molar-refractivity contribution >= 4 is 5.97 Å². The summed E-state index contributed by atoms with van der Waals surface area (Å²) in [6.45, 7) is 2.60. The minimum Gasteiger partial charge on any atom is -0.495 e. The van der Waals surface area contributed by atoms with E-state index in [0.717, 1.165) is 5.56 Å². The summed E-state index contributed by atoms with van der Waals surface area (Å²) >= 11 is 0. The number of rotatable bonds is 5. The number of nitrogens with zero attached hydrogens (tertiary/aromatic N) is 2. The fraction of sp³-hybridized carbons (Fsp3) is 0.250. The Hall–Kier alpha value is -2.74. The topological polar surface area (TPSA) is 64.2 Å². The first-order valence-electron chi connectivity index (χ1n) is 6.58. The van der Waals surface area contributed by atoms with Crippen LogP contribution in [0.2, 0.25) is 0 Å². The third kappa shape index (κ3) is 3.23. The average molecular weight is 284 g/mol. The van der Waals surface area contributed by atoms with Gasteiger partial charge in [-0.2, -0.15) is 5.26 Å². The number of aromatic nitrogens is 1. The molecule has 0 atom stereocenters. The lowest BCUT2D eigenvalue weighted by Crippen LogP contribution is -2.12. The van der Waals surface area contributed by atoms with Gasteiger partial charge in [-0.3, -0.25) is 0 Å². The van der Waals surface area contributed by atoms with Crippen LogP contribution in [0.3, 0.4) is 0 Å². The molecule has 0 aliphatic heterocycles. The number of methoxy groups -OCH3 is 1. The SMILES string of the molecule is CCOC(=O)c1cccn1Cc1ccc(OC)c(C#N)c1.